The number of aromatic nitrogens is 2. The number of nitrogens with one attached hydrogen (secondary N) is 1. The maximum Gasteiger partial charge on any atom is 0.359 e. The number of carbonyl (C=O) groups excluding carboxylic acids is 2. The number of thioether (sulfide) groups is 1. The summed E-state index contributed by atoms with van der Waals surface area (Å²) in [6.45, 7) is 0.153. The molecule has 0 radical (unpaired) electrons. The first-order valence-corrected chi connectivity index (χ1v) is 8.51. The van der Waals surface area contributed by atoms with Gasteiger partial charge in [0.25, 0.3) is 5.91 Å². The molecule has 120 valence electrons. The maximum atomic E-state index is 11.6. The van der Waals surface area contributed by atoms with Crippen LogP contribution >= 0.6 is 27.7 Å². The van der Waals surface area contributed by atoms with Gasteiger partial charge in [0.15, 0.2) is 12.3 Å². The van der Waals surface area contributed by atoms with Gasteiger partial charge in [-0.3, -0.25) is 9.78 Å². The average molecular weight is 396 g/mol. The summed E-state index contributed by atoms with van der Waals surface area (Å²) in [5.41, 5.74) is 0.0751. The summed E-state index contributed by atoms with van der Waals surface area (Å²) in [5.74, 6) is -0.290. The molecule has 1 N–H and O–H groups in total. The summed E-state index contributed by atoms with van der Waals surface area (Å²) in [4.78, 5) is 31.9. The number of carbonyl (C=O) groups is 2. The van der Waals surface area contributed by atoms with Crippen molar-refractivity contribution in [2.75, 3.05) is 18.9 Å². The Bertz CT molecular complexity index is 653. The molecule has 0 spiro atoms. The summed E-state index contributed by atoms with van der Waals surface area (Å²) in [6.07, 6.45) is 4.12. The number of halogens is 1. The van der Waals surface area contributed by atoms with Gasteiger partial charge in [-0.05, 0) is 24.3 Å². The van der Waals surface area contributed by atoms with E-state index in [9.17, 15) is 9.59 Å². The zero-order valence-electron chi connectivity index (χ0n) is 12.1. The summed E-state index contributed by atoms with van der Waals surface area (Å²) < 4.78 is 5.88. The fourth-order valence-electron chi connectivity index (χ4n) is 1.55. The van der Waals surface area contributed by atoms with E-state index >= 15 is 0 Å². The molecule has 0 aliphatic heterocycles. The Morgan fingerprint density at radius 3 is 2.70 bits per heavy atom. The van der Waals surface area contributed by atoms with Crippen molar-refractivity contribution in [3.63, 3.8) is 0 Å². The second kappa shape index (κ2) is 9.26. The lowest BCUT2D eigenvalue weighted by Crippen LogP contribution is -2.30. The van der Waals surface area contributed by atoms with E-state index in [1.165, 1.54) is 18.6 Å². The summed E-state index contributed by atoms with van der Waals surface area (Å²) in [6, 6.07) is 7.93. The fraction of sp³-hybridized carbons (Fsp3) is 0.200. The largest absolute Gasteiger partial charge is 0.451 e. The Hall–Kier alpha value is -1.93. The third-order valence-corrected chi connectivity index (χ3v) is 4.16. The number of hydrogen-bond donors (Lipinski definition) is 1. The smallest absolute Gasteiger partial charge is 0.359 e. The third kappa shape index (κ3) is 6.37. The van der Waals surface area contributed by atoms with Crippen molar-refractivity contribution in [2.45, 2.75) is 4.90 Å². The van der Waals surface area contributed by atoms with E-state index in [-0.39, 0.29) is 18.2 Å². The molecule has 2 aromatic rings. The highest BCUT2D eigenvalue weighted by molar-refractivity contribution is 9.10. The van der Waals surface area contributed by atoms with Gasteiger partial charge in [0.1, 0.15) is 0 Å². The van der Waals surface area contributed by atoms with Crippen LogP contribution in [0.2, 0.25) is 0 Å². The lowest BCUT2D eigenvalue weighted by Gasteiger charge is -2.06. The molecule has 0 fully saturated rings. The highest BCUT2D eigenvalue weighted by atomic mass is 79.9. The highest BCUT2D eigenvalue weighted by Crippen LogP contribution is 2.19. The van der Waals surface area contributed by atoms with E-state index in [0.717, 1.165) is 15.1 Å². The summed E-state index contributed by atoms with van der Waals surface area (Å²) in [5, 5.41) is 2.69. The Balaban J connectivity index is 1.62. The molecular weight excluding hydrogens is 382 g/mol. The number of benzene rings is 1. The van der Waals surface area contributed by atoms with Crippen LogP contribution in [0.15, 0.2) is 52.2 Å². The molecule has 1 amide bonds. The van der Waals surface area contributed by atoms with E-state index in [2.05, 4.69) is 31.2 Å². The molecule has 0 bridgehead atoms. The van der Waals surface area contributed by atoms with Crippen molar-refractivity contribution in [1.29, 1.82) is 0 Å². The molecule has 1 aromatic carbocycles. The number of ether oxygens (including phenoxy) is 1. The minimum absolute atomic E-state index is 0.0751. The summed E-state index contributed by atoms with van der Waals surface area (Å²) >= 11 is 5.01. The third-order valence-electron chi connectivity index (χ3n) is 2.61. The Morgan fingerprint density at radius 1 is 1.22 bits per heavy atom. The normalized spacial score (nSPS) is 10.1. The first-order valence-electron chi connectivity index (χ1n) is 6.73. The fourth-order valence-corrected chi connectivity index (χ4v) is 2.58. The van der Waals surface area contributed by atoms with E-state index in [0.29, 0.717) is 6.54 Å². The molecule has 8 heteroatoms. The van der Waals surface area contributed by atoms with Crippen LogP contribution in [-0.4, -0.2) is 40.7 Å². The first kappa shape index (κ1) is 17.4. The van der Waals surface area contributed by atoms with Crippen molar-refractivity contribution >= 4 is 39.6 Å². The topological polar surface area (TPSA) is 81.2 Å². The van der Waals surface area contributed by atoms with Crippen molar-refractivity contribution in [3.05, 3.63) is 53.0 Å². The SMILES string of the molecule is O=C(COC(=O)c1cnccn1)NCCSc1ccc(Br)cc1. The van der Waals surface area contributed by atoms with Gasteiger partial charge in [-0.1, -0.05) is 15.9 Å². The van der Waals surface area contributed by atoms with Gasteiger partial charge in [0.2, 0.25) is 0 Å². The molecule has 2 rings (SSSR count). The van der Waals surface area contributed by atoms with Crippen LogP contribution < -0.4 is 5.32 Å². The Morgan fingerprint density at radius 2 is 2.00 bits per heavy atom. The van der Waals surface area contributed by atoms with Gasteiger partial charge >= 0.3 is 5.97 Å². The lowest BCUT2D eigenvalue weighted by atomic mass is 10.4. The number of hydrogen-bond acceptors (Lipinski definition) is 6. The van der Waals surface area contributed by atoms with Crippen LogP contribution in [0.3, 0.4) is 0 Å². The molecule has 23 heavy (non-hydrogen) atoms. The van der Waals surface area contributed by atoms with Gasteiger partial charge in [-0.15, -0.1) is 11.8 Å². The molecule has 1 aromatic heterocycles. The zero-order chi connectivity index (χ0) is 16.5. The molecule has 0 aliphatic rings. The number of esters is 1. The van der Waals surface area contributed by atoms with Crippen LogP contribution in [0, 0.1) is 0 Å². The van der Waals surface area contributed by atoms with Crippen molar-refractivity contribution in [1.82, 2.24) is 15.3 Å². The van der Waals surface area contributed by atoms with Crippen LogP contribution in [-0.2, 0) is 9.53 Å². The molecule has 0 saturated heterocycles. The first-order chi connectivity index (χ1) is 11.1. The van der Waals surface area contributed by atoms with Gasteiger partial charge < -0.3 is 10.1 Å². The average Bonchev–Trinajstić information content (AvgIpc) is 2.59. The number of rotatable bonds is 7. The minimum atomic E-state index is -0.669. The number of nitrogens with zero attached hydrogens (tertiary/aromatic N) is 2. The predicted molar refractivity (Wildman–Crippen MR) is 90.2 cm³/mol. The minimum Gasteiger partial charge on any atom is -0.451 e. The Kier molecular flexibility index (Phi) is 7.02. The second-order valence-electron chi connectivity index (χ2n) is 4.32. The van der Waals surface area contributed by atoms with Crippen molar-refractivity contribution in [3.8, 4) is 0 Å². The highest BCUT2D eigenvalue weighted by Gasteiger charge is 2.10. The molecule has 0 saturated carbocycles. The van der Waals surface area contributed by atoms with Gasteiger partial charge in [0, 0.05) is 34.1 Å². The molecule has 0 unspecified atom stereocenters. The van der Waals surface area contributed by atoms with E-state index in [1.807, 2.05) is 24.3 Å². The van der Waals surface area contributed by atoms with Crippen LogP contribution in [0.25, 0.3) is 0 Å². The predicted octanol–water partition coefficient (Wildman–Crippen LogP) is 2.30. The van der Waals surface area contributed by atoms with Crippen LogP contribution in [0.4, 0.5) is 0 Å². The van der Waals surface area contributed by atoms with Crippen LogP contribution in [0.1, 0.15) is 10.5 Å². The monoisotopic (exact) mass is 395 g/mol. The lowest BCUT2D eigenvalue weighted by molar-refractivity contribution is -0.124. The molecule has 6 nitrogen and oxygen atoms in total. The molecule has 1 heterocycles. The van der Waals surface area contributed by atoms with Crippen molar-refractivity contribution in [2.24, 2.45) is 0 Å². The molecular formula is C15H14BrN3O3S. The van der Waals surface area contributed by atoms with E-state index in [4.69, 9.17) is 4.74 Å². The maximum absolute atomic E-state index is 11.6. The second-order valence-corrected chi connectivity index (χ2v) is 6.40. The van der Waals surface area contributed by atoms with E-state index in [1.54, 1.807) is 11.8 Å². The quantitative estimate of drug-likeness (QED) is 0.440. The summed E-state index contributed by atoms with van der Waals surface area (Å²) in [7, 11) is 0. The standard InChI is InChI=1S/C15H14BrN3O3S/c16-11-1-3-12(4-2-11)23-8-7-19-14(20)10-22-15(21)13-9-17-5-6-18-13/h1-6,9H,7-8,10H2,(H,19,20). The van der Waals surface area contributed by atoms with Crippen LogP contribution in [0.5, 0.6) is 0 Å². The van der Waals surface area contributed by atoms with Crippen molar-refractivity contribution < 1.29 is 14.3 Å². The zero-order valence-corrected chi connectivity index (χ0v) is 14.5. The van der Waals surface area contributed by atoms with Gasteiger partial charge in [0.05, 0.1) is 6.20 Å². The van der Waals surface area contributed by atoms with Gasteiger partial charge in [-0.25, -0.2) is 9.78 Å². The Labute approximate surface area is 146 Å². The van der Waals surface area contributed by atoms with E-state index < -0.39 is 5.97 Å². The van der Waals surface area contributed by atoms with Gasteiger partial charge in [-0.2, -0.15) is 0 Å². The molecule has 0 atom stereocenters. The molecule has 0 aliphatic carbocycles. The number of amides is 1.